The molecule has 0 atom stereocenters. The van der Waals surface area contributed by atoms with Gasteiger partial charge in [-0.1, -0.05) is 0 Å². The number of H-pyrrole nitrogens is 1. The molecule has 0 amide bonds. The summed E-state index contributed by atoms with van der Waals surface area (Å²) < 4.78 is 24.6. The normalized spacial score (nSPS) is 18.4. The average molecular weight is 231 g/mol. The summed E-state index contributed by atoms with van der Waals surface area (Å²) in [6.45, 7) is 2.24. The van der Waals surface area contributed by atoms with Crippen molar-refractivity contribution in [3.05, 3.63) is 5.82 Å². The molecule has 1 aliphatic heterocycles. The largest absolute Gasteiger partial charge is 0.340 e. The summed E-state index contributed by atoms with van der Waals surface area (Å²) in [4.78, 5) is 5.67. The summed E-state index contributed by atoms with van der Waals surface area (Å²) in [6, 6.07) is 0. The molecule has 16 heavy (non-hydrogen) atoms. The Bertz CT molecular complexity index is 332. The Morgan fingerprint density at radius 1 is 1.44 bits per heavy atom. The van der Waals surface area contributed by atoms with E-state index in [4.69, 9.17) is 5.73 Å². The molecule has 1 aromatic heterocycles. The van der Waals surface area contributed by atoms with Gasteiger partial charge in [-0.3, -0.25) is 5.10 Å². The highest BCUT2D eigenvalue weighted by Crippen LogP contribution is 2.21. The van der Waals surface area contributed by atoms with Crippen LogP contribution in [0.4, 0.5) is 14.7 Å². The predicted molar refractivity (Wildman–Crippen MR) is 55.3 cm³/mol. The van der Waals surface area contributed by atoms with Crippen molar-refractivity contribution in [2.75, 3.05) is 24.5 Å². The van der Waals surface area contributed by atoms with Crippen molar-refractivity contribution in [3.63, 3.8) is 0 Å². The van der Waals surface area contributed by atoms with Crippen LogP contribution >= 0.6 is 0 Å². The Morgan fingerprint density at radius 3 is 2.62 bits per heavy atom. The summed E-state index contributed by atoms with van der Waals surface area (Å²) in [5.41, 5.74) is 5.58. The van der Waals surface area contributed by atoms with E-state index >= 15 is 0 Å². The fourth-order valence-electron chi connectivity index (χ4n) is 1.87. The molecule has 2 heterocycles. The number of piperidine rings is 1. The van der Waals surface area contributed by atoms with Crippen LogP contribution in [-0.2, 0) is 0 Å². The van der Waals surface area contributed by atoms with Crippen LogP contribution in [0.5, 0.6) is 0 Å². The molecule has 1 aliphatic rings. The van der Waals surface area contributed by atoms with Gasteiger partial charge in [-0.2, -0.15) is 4.98 Å². The van der Waals surface area contributed by atoms with E-state index in [9.17, 15) is 8.78 Å². The Hall–Kier alpha value is -1.24. The second-order valence-corrected chi connectivity index (χ2v) is 3.99. The van der Waals surface area contributed by atoms with Gasteiger partial charge in [-0.05, 0) is 25.3 Å². The molecular formula is C9H15F2N5. The topological polar surface area (TPSA) is 70.8 Å². The number of alkyl halides is 2. The van der Waals surface area contributed by atoms with Crippen molar-refractivity contribution < 1.29 is 8.78 Å². The van der Waals surface area contributed by atoms with E-state index in [2.05, 4.69) is 15.2 Å². The van der Waals surface area contributed by atoms with E-state index in [0.717, 1.165) is 25.9 Å². The molecule has 1 fully saturated rings. The maximum atomic E-state index is 12.3. The van der Waals surface area contributed by atoms with Gasteiger partial charge in [0.2, 0.25) is 5.95 Å². The van der Waals surface area contributed by atoms with E-state index in [1.54, 1.807) is 0 Å². The van der Waals surface area contributed by atoms with Crippen LogP contribution in [0, 0.1) is 5.92 Å². The quantitative estimate of drug-likeness (QED) is 0.811. The molecule has 3 N–H and O–H groups in total. The third kappa shape index (κ3) is 2.29. The van der Waals surface area contributed by atoms with Gasteiger partial charge in [0, 0.05) is 13.1 Å². The number of rotatable bonds is 3. The molecule has 7 heteroatoms. The molecule has 0 aromatic carbocycles. The third-order valence-electron chi connectivity index (χ3n) is 2.93. The molecule has 0 radical (unpaired) electrons. The monoisotopic (exact) mass is 231 g/mol. The molecule has 0 spiro atoms. The van der Waals surface area contributed by atoms with E-state index < -0.39 is 6.43 Å². The highest BCUT2D eigenvalue weighted by molar-refractivity contribution is 5.29. The lowest BCUT2D eigenvalue weighted by Crippen LogP contribution is -2.36. The Kier molecular flexibility index (Phi) is 3.33. The minimum absolute atomic E-state index is 0.365. The number of halogens is 2. The predicted octanol–water partition coefficient (Wildman–Crippen LogP) is 0.917. The molecule has 5 nitrogen and oxygen atoms in total. The summed E-state index contributed by atoms with van der Waals surface area (Å²) >= 11 is 0. The van der Waals surface area contributed by atoms with Crippen LogP contribution < -0.4 is 10.6 Å². The summed E-state index contributed by atoms with van der Waals surface area (Å²) in [5.74, 6) is 0.534. The zero-order valence-electron chi connectivity index (χ0n) is 8.87. The van der Waals surface area contributed by atoms with E-state index in [1.165, 1.54) is 0 Å². The second-order valence-electron chi connectivity index (χ2n) is 3.99. The number of anilines is 1. The number of nitrogens with zero attached hydrogens (tertiary/aromatic N) is 3. The van der Waals surface area contributed by atoms with Crippen LogP contribution in [0.1, 0.15) is 25.1 Å². The highest BCUT2D eigenvalue weighted by atomic mass is 19.3. The van der Waals surface area contributed by atoms with Crippen molar-refractivity contribution in [1.82, 2.24) is 15.2 Å². The number of hydrogen-bond donors (Lipinski definition) is 2. The first-order valence-corrected chi connectivity index (χ1v) is 5.36. The van der Waals surface area contributed by atoms with Crippen molar-refractivity contribution in [2.45, 2.75) is 19.3 Å². The van der Waals surface area contributed by atoms with Gasteiger partial charge in [0.25, 0.3) is 6.43 Å². The van der Waals surface area contributed by atoms with Crippen LogP contribution in [0.2, 0.25) is 0 Å². The lowest BCUT2D eigenvalue weighted by molar-refractivity contribution is 0.141. The van der Waals surface area contributed by atoms with Gasteiger partial charge in [0.1, 0.15) is 0 Å². The Balaban J connectivity index is 1.97. The van der Waals surface area contributed by atoms with Crippen molar-refractivity contribution in [2.24, 2.45) is 11.7 Å². The first-order valence-electron chi connectivity index (χ1n) is 5.36. The maximum absolute atomic E-state index is 12.3. The second kappa shape index (κ2) is 4.73. The standard InChI is InChI=1S/C9H15F2N5/c10-7(11)8-13-9(15-14-8)16-3-1-6(5-12)2-4-16/h6-7H,1-5,12H2,(H,13,14,15). The SMILES string of the molecule is NCC1CCN(c2n[nH]c(C(F)F)n2)CC1. The van der Waals surface area contributed by atoms with Crippen LogP contribution in [0.15, 0.2) is 0 Å². The molecule has 1 saturated heterocycles. The van der Waals surface area contributed by atoms with Crippen molar-refractivity contribution >= 4 is 5.95 Å². The number of hydrogen-bond acceptors (Lipinski definition) is 4. The van der Waals surface area contributed by atoms with E-state index in [-0.39, 0.29) is 5.82 Å². The first kappa shape index (κ1) is 11.3. The summed E-state index contributed by atoms with van der Waals surface area (Å²) in [7, 11) is 0. The molecule has 2 rings (SSSR count). The number of nitrogens with two attached hydrogens (primary N) is 1. The van der Waals surface area contributed by atoms with Gasteiger partial charge in [0.05, 0.1) is 0 Å². The summed E-state index contributed by atoms with van der Waals surface area (Å²) in [5, 5.41) is 6.04. The Morgan fingerprint density at radius 2 is 2.12 bits per heavy atom. The van der Waals surface area contributed by atoms with E-state index in [1.807, 2.05) is 4.90 Å². The maximum Gasteiger partial charge on any atom is 0.296 e. The zero-order chi connectivity index (χ0) is 11.5. The fraction of sp³-hybridized carbons (Fsp3) is 0.778. The van der Waals surface area contributed by atoms with Crippen LogP contribution in [0.3, 0.4) is 0 Å². The first-order chi connectivity index (χ1) is 7.70. The number of nitrogens with one attached hydrogen (secondary N) is 1. The number of aromatic amines is 1. The minimum Gasteiger partial charge on any atom is -0.340 e. The Labute approximate surface area is 92.0 Å². The number of aromatic nitrogens is 3. The molecule has 1 aromatic rings. The van der Waals surface area contributed by atoms with E-state index in [0.29, 0.717) is 18.4 Å². The van der Waals surface area contributed by atoms with Gasteiger partial charge in [0.15, 0.2) is 5.82 Å². The van der Waals surface area contributed by atoms with Crippen molar-refractivity contribution in [3.8, 4) is 0 Å². The average Bonchev–Trinajstić information content (AvgIpc) is 2.78. The fourth-order valence-corrected chi connectivity index (χ4v) is 1.87. The van der Waals surface area contributed by atoms with Crippen molar-refractivity contribution in [1.29, 1.82) is 0 Å². The molecule has 0 unspecified atom stereocenters. The third-order valence-corrected chi connectivity index (χ3v) is 2.93. The lowest BCUT2D eigenvalue weighted by Gasteiger charge is -2.30. The molecule has 90 valence electrons. The smallest absolute Gasteiger partial charge is 0.296 e. The van der Waals surface area contributed by atoms with Crippen LogP contribution in [0.25, 0.3) is 0 Å². The molecule has 0 saturated carbocycles. The lowest BCUT2D eigenvalue weighted by atomic mass is 9.97. The van der Waals surface area contributed by atoms with Crippen LogP contribution in [-0.4, -0.2) is 34.8 Å². The highest BCUT2D eigenvalue weighted by Gasteiger charge is 2.22. The van der Waals surface area contributed by atoms with Gasteiger partial charge in [-0.25, -0.2) is 8.78 Å². The van der Waals surface area contributed by atoms with Gasteiger partial charge < -0.3 is 10.6 Å². The minimum atomic E-state index is -2.59. The molecule has 0 aliphatic carbocycles. The zero-order valence-corrected chi connectivity index (χ0v) is 8.87. The van der Waals surface area contributed by atoms with Gasteiger partial charge in [-0.15, -0.1) is 5.10 Å². The summed E-state index contributed by atoms with van der Waals surface area (Å²) in [6.07, 6.45) is -0.660. The van der Waals surface area contributed by atoms with Gasteiger partial charge >= 0.3 is 0 Å². The molecule has 0 bridgehead atoms. The molecular weight excluding hydrogens is 216 g/mol.